The summed E-state index contributed by atoms with van der Waals surface area (Å²) in [6, 6.07) is 1.11. The fraction of sp³-hybridized carbons (Fsp3) is 0.300. The summed E-state index contributed by atoms with van der Waals surface area (Å²) in [5.74, 6) is -4.48. The van der Waals surface area contributed by atoms with Crippen molar-refractivity contribution in [3.8, 4) is 5.75 Å². The first-order valence-electron chi connectivity index (χ1n) is 4.32. The van der Waals surface area contributed by atoms with Crippen LogP contribution in [-0.4, -0.2) is 25.0 Å². The fourth-order valence-corrected chi connectivity index (χ4v) is 1.16. The molecule has 0 bridgehead atoms. The molecule has 0 radical (unpaired) electrons. The molecule has 4 nitrogen and oxygen atoms in total. The number of hydrogen-bond acceptors (Lipinski definition) is 3. The van der Waals surface area contributed by atoms with Crippen molar-refractivity contribution in [1.29, 1.82) is 0 Å². The molecular weight excluding hydrogens is 222 g/mol. The van der Waals surface area contributed by atoms with Gasteiger partial charge in [-0.15, -0.1) is 0 Å². The minimum atomic E-state index is -1.59. The Morgan fingerprint density at radius 1 is 1.44 bits per heavy atom. The highest BCUT2D eigenvalue weighted by Crippen LogP contribution is 2.26. The summed E-state index contributed by atoms with van der Waals surface area (Å²) in [5, 5.41) is 8.73. The maximum absolute atomic E-state index is 13.3. The van der Waals surface area contributed by atoms with Gasteiger partial charge < -0.3 is 14.6 Å². The van der Waals surface area contributed by atoms with Gasteiger partial charge >= 0.3 is 5.97 Å². The molecule has 0 spiro atoms. The first-order valence-corrected chi connectivity index (χ1v) is 4.32. The summed E-state index contributed by atoms with van der Waals surface area (Å²) < 4.78 is 35.9. The molecule has 0 aliphatic heterocycles. The zero-order chi connectivity index (χ0) is 12.3. The quantitative estimate of drug-likeness (QED) is 0.806. The van der Waals surface area contributed by atoms with Crippen LogP contribution in [0.25, 0.3) is 0 Å². The van der Waals surface area contributed by atoms with Crippen LogP contribution in [0, 0.1) is 18.6 Å². The van der Waals surface area contributed by atoms with Crippen LogP contribution in [0.3, 0.4) is 0 Å². The second-order valence-electron chi connectivity index (χ2n) is 3.05. The summed E-state index contributed by atoms with van der Waals surface area (Å²) >= 11 is 0. The van der Waals surface area contributed by atoms with Crippen molar-refractivity contribution >= 4 is 5.97 Å². The van der Waals surface area contributed by atoms with Gasteiger partial charge in [0.05, 0.1) is 0 Å². The summed E-state index contributed by atoms with van der Waals surface area (Å²) in [6.45, 7) is 1.06. The van der Waals surface area contributed by atoms with E-state index >= 15 is 0 Å². The molecule has 0 saturated heterocycles. The molecule has 0 aliphatic rings. The molecule has 1 aromatic carbocycles. The normalized spacial score (nSPS) is 10.2. The number of methoxy groups -OCH3 is 1. The van der Waals surface area contributed by atoms with E-state index in [2.05, 4.69) is 4.74 Å². The van der Waals surface area contributed by atoms with Gasteiger partial charge in [0.15, 0.2) is 18.4 Å². The SMILES string of the molecule is COCOc1cc(C)c(F)c(F)c1C(=O)O. The lowest BCUT2D eigenvalue weighted by Crippen LogP contribution is -2.10. The third-order valence-electron chi connectivity index (χ3n) is 1.90. The van der Waals surface area contributed by atoms with Crippen LogP contribution in [0.4, 0.5) is 8.78 Å². The lowest BCUT2D eigenvalue weighted by molar-refractivity contribution is 0.0477. The van der Waals surface area contributed by atoms with Crippen LogP contribution in [0.2, 0.25) is 0 Å². The van der Waals surface area contributed by atoms with Crippen molar-refractivity contribution in [3.63, 3.8) is 0 Å². The van der Waals surface area contributed by atoms with Gasteiger partial charge in [-0.1, -0.05) is 0 Å². The standard InChI is InChI=1S/C10H10F2O4/c1-5-3-6(16-4-15-2)7(10(13)14)9(12)8(5)11/h3H,4H2,1-2H3,(H,13,14). The summed E-state index contributed by atoms with van der Waals surface area (Å²) in [5.41, 5.74) is -0.867. The smallest absolute Gasteiger partial charge is 0.342 e. The Morgan fingerprint density at radius 3 is 2.56 bits per heavy atom. The molecule has 1 N–H and O–H groups in total. The number of ether oxygens (including phenoxy) is 2. The van der Waals surface area contributed by atoms with E-state index in [0.29, 0.717) is 0 Å². The maximum atomic E-state index is 13.3. The number of hydrogen-bond donors (Lipinski definition) is 1. The molecule has 0 amide bonds. The minimum absolute atomic E-state index is 0.0337. The molecule has 0 fully saturated rings. The Kier molecular flexibility index (Phi) is 3.78. The van der Waals surface area contributed by atoms with Gasteiger partial charge in [-0.05, 0) is 18.6 Å². The van der Waals surface area contributed by atoms with Crippen molar-refractivity contribution in [2.24, 2.45) is 0 Å². The van der Waals surface area contributed by atoms with E-state index in [4.69, 9.17) is 9.84 Å². The van der Waals surface area contributed by atoms with E-state index in [9.17, 15) is 13.6 Å². The van der Waals surface area contributed by atoms with Crippen molar-refractivity contribution < 1.29 is 28.2 Å². The van der Waals surface area contributed by atoms with Gasteiger partial charge in [0, 0.05) is 7.11 Å². The van der Waals surface area contributed by atoms with Crippen molar-refractivity contribution in [2.45, 2.75) is 6.92 Å². The molecule has 0 aliphatic carbocycles. The number of carboxylic acid groups (broad SMARTS) is 1. The molecule has 1 aromatic rings. The van der Waals surface area contributed by atoms with Crippen molar-refractivity contribution in [1.82, 2.24) is 0 Å². The number of halogens is 2. The minimum Gasteiger partial charge on any atom is -0.477 e. The third kappa shape index (κ3) is 2.27. The average Bonchev–Trinajstić information content (AvgIpc) is 2.22. The largest absolute Gasteiger partial charge is 0.477 e. The Morgan fingerprint density at radius 2 is 2.06 bits per heavy atom. The van der Waals surface area contributed by atoms with E-state index in [1.807, 2.05) is 0 Å². The second kappa shape index (κ2) is 4.89. The molecule has 0 heterocycles. The monoisotopic (exact) mass is 232 g/mol. The predicted octanol–water partition coefficient (Wildman–Crippen LogP) is 1.95. The van der Waals surface area contributed by atoms with Gasteiger partial charge in [0.25, 0.3) is 0 Å². The number of carboxylic acids is 1. The summed E-state index contributed by atoms with van der Waals surface area (Å²) in [7, 11) is 1.33. The predicted molar refractivity (Wildman–Crippen MR) is 50.6 cm³/mol. The molecule has 0 saturated carbocycles. The number of aromatic carboxylic acids is 1. The highest BCUT2D eigenvalue weighted by atomic mass is 19.2. The highest BCUT2D eigenvalue weighted by Gasteiger charge is 2.23. The van der Waals surface area contributed by atoms with Gasteiger partial charge in [-0.3, -0.25) is 0 Å². The second-order valence-corrected chi connectivity index (χ2v) is 3.05. The average molecular weight is 232 g/mol. The van der Waals surface area contributed by atoms with Crippen LogP contribution in [0.1, 0.15) is 15.9 Å². The summed E-state index contributed by atoms with van der Waals surface area (Å²) in [6.07, 6.45) is 0. The Bertz CT molecular complexity index is 418. The van der Waals surface area contributed by atoms with E-state index in [1.54, 1.807) is 0 Å². The molecule has 16 heavy (non-hydrogen) atoms. The van der Waals surface area contributed by atoms with Crippen LogP contribution in [0.15, 0.2) is 6.07 Å². The van der Waals surface area contributed by atoms with Gasteiger partial charge in [0.1, 0.15) is 11.3 Å². The molecular formula is C10H10F2O4. The fourth-order valence-electron chi connectivity index (χ4n) is 1.16. The van der Waals surface area contributed by atoms with E-state index in [-0.39, 0.29) is 18.1 Å². The van der Waals surface area contributed by atoms with Crippen LogP contribution in [-0.2, 0) is 4.74 Å². The van der Waals surface area contributed by atoms with Gasteiger partial charge in [-0.2, -0.15) is 0 Å². The van der Waals surface area contributed by atoms with E-state index in [0.717, 1.165) is 6.07 Å². The maximum Gasteiger partial charge on any atom is 0.342 e. The van der Waals surface area contributed by atoms with E-state index in [1.165, 1.54) is 14.0 Å². The number of benzene rings is 1. The zero-order valence-corrected chi connectivity index (χ0v) is 8.71. The Labute approximate surface area is 90.4 Å². The molecule has 6 heteroatoms. The number of rotatable bonds is 4. The third-order valence-corrected chi connectivity index (χ3v) is 1.90. The lowest BCUT2D eigenvalue weighted by Gasteiger charge is -2.10. The van der Waals surface area contributed by atoms with Gasteiger partial charge in [-0.25, -0.2) is 13.6 Å². The van der Waals surface area contributed by atoms with Crippen LogP contribution in [0.5, 0.6) is 5.75 Å². The molecule has 0 atom stereocenters. The topological polar surface area (TPSA) is 55.8 Å². The van der Waals surface area contributed by atoms with E-state index < -0.39 is 23.2 Å². The first-order chi connectivity index (χ1) is 7.49. The molecule has 0 unspecified atom stereocenters. The van der Waals surface area contributed by atoms with Crippen molar-refractivity contribution in [2.75, 3.05) is 13.9 Å². The first kappa shape index (κ1) is 12.4. The molecule has 0 aromatic heterocycles. The van der Waals surface area contributed by atoms with Gasteiger partial charge in [0.2, 0.25) is 0 Å². The zero-order valence-electron chi connectivity index (χ0n) is 8.71. The summed E-state index contributed by atoms with van der Waals surface area (Å²) in [4.78, 5) is 10.7. The molecule has 1 rings (SSSR count). The molecule has 88 valence electrons. The van der Waals surface area contributed by atoms with Crippen molar-refractivity contribution in [3.05, 3.63) is 28.8 Å². The van der Waals surface area contributed by atoms with Crippen LogP contribution >= 0.6 is 0 Å². The highest BCUT2D eigenvalue weighted by molar-refractivity contribution is 5.91. The lowest BCUT2D eigenvalue weighted by atomic mass is 10.1. The Hall–Kier alpha value is -1.69. The number of carbonyl (C=O) groups is 1. The van der Waals surface area contributed by atoms with Crippen LogP contribution < -0.4 is 4.74 Å². The number of aryl methyl sites for hydroxylation is 1. The Balaban J connectivity index is 3.29.